The number of carbonyl (C=O) groups is 1. The van der Waals surface area contributed by atoms with Crippen LogP contribution < -0.4 is 0 Å². The molecule has 4 heterocycles. The number of aryl methyl sites for hydroxylation is 1. The molecular formula is C19H28N6O2. The first kappa shape index (κ1) is 18.2. The molecule has 1 saturated heterocycles. The first-order chi connectivity index (χ1) is 13.0. The second kappa shape index (κ2) is 7.07. The van der Waals surface area contributed by atoms with E-state index in [0.29, 0.717) is 30.5 Å². The minimum absolute atomic E-state index is 0.00990. The third kappa shape index (κ3) is 3.16. The highest BCUT2D eigenvalue weighted by Crippen LogP contribution is 2.30. The van der Waals surface area contributed by atoms with Gasteiger partial charge in [0.2, 0.25) is 0 Å². The Bertz CT molecular complexity index is 839. The third-order valence-electron chi connectivity index (χ3n) is 5.81. The number of hydrogen-bond donors (Lipinski definition) is 0. The fourth-order valence-corrected chi connectivity index (χ4v) is 4.23. The summed E-state index contributed by atoms with van der Waals surface area (Å²) in [5.74, 6) is 2.78. The predicted octanol–water partition coefficient (Wildman–Crippen LogP) is 2.16. The number of hydrogen-bond acceptors (Lipinski definition) is 6. The van der Waals surface area contributed by atoms with Crippen molar-refractivity contribution in [1.82, 2.24) is 29.7 Å². The van der Waals surface area contributed by atoms with Gasteiger partial charge in [-0.1, -0.05) is 19.0 Å². The van der Waals surface area contributed by atoms with Crippen LogP contribution in [-0.2, 0) is 13.0 Å². The second-order valence-electron chi connectivity index (χ2n) is 7.96. The van der Waals surface area contributed by atoms with E-state index in [1.54, 1.807) is 0 Å². The van der Waals surface area contributed by atoms with Crippen molar-refractivity contribution in [3.63, 3.8) is 0 Å². The summed E-state index contributed by atoms with van der Waals surface area (Å²) < 4.78 is 7.54. The van der Waals surface area contributed by atoms with Crippen LogP contribution in [0.25, 0.3) is 0 Å². The lowest BCUT2D eigenvalue weighted by atomic mass is 10.0. The molecule has 8 nitrogen and oxygen atoms in total. The average Bonchev–Trinajstić information content (AvgIpc) is 3.29. The van der Waals surface area contributed by atoms with Gasteiger partial charge in [0.1, 0.15) is 23.0 Å². The van der Waals surface area contributed by atoms with Crippen molar-refractivity contribution in [1.29, 1.82) is 0 Å². The number of aromatic nitrogens is 4. The molecule has 1 unspecified atom stereocenters. The second-order valence-corrected chi connectivity index (χ2v) is 7.96. The van der Waals surface area contributed by atoms with Gasteiger partial charge in [-0.05, 0) is 39.3 Å². The van der Waals surface area contributed by atoms with Gasteiger partial charge in [0.05, 0.1) is 11.7 Å². The van der Waals surface area contributed by atoms with Crippen LogP contribution in [-0.4, -0.2) is 62.3 Å². The van der Waals surface area contributed by atoms with Gasteiger partial charge in [-0.15, -0.1) is 10.2 Å². The Labute approximate surface area is 159 Å². The standard InChI is InChI=1S/C19H28N6O2/c1-12(2)17-16(13(3)27-22-17)19(26)24-9-7-15-20-21-18(25(15)11-10-24)14-6-5-8-23(14)4/h12,14H,5-11H2,1-4H3. The molecule has 1 fully saturated rings. The zero-order valence-corrected chi connectivity index (χ0v) is 16.6. The molecule has 2 aliphatic rings. The zero-order valence-electron chi connectivity index (χ0n) is 16.6. The first-order valence-corrected chi connectivity index (χ1v) is 9.85. The lowest BCUT2D eigenvalue weighted by molar-refractivity contribution is 0.0755. The minimum Gasteiger partial charge on any atom is -0.361 e. The Morgan fingerprint density at radius 2 is 2.00 bits per heavy atom. The highest BCUT2D eigenvalue weighted by atomic mass is 16.5. The fourth-order valence-electron chi connectivity index (χ4n) is 4.23. The van der Waals surface area contributed by atoms with Crippen molar-refractivity contribution < 1.29 is 9.32 Å². The Morgan fingerprint density at radius 1 is 1.19 bits per heavy atom. The van der Waals surface area contributed by atoms with Crippen molar-refractivity contribution in [2.75, 3.05) is 26.7 Å². The molecule has 4 rings (SSSR count). The molecule has 0 radical (unpaired) electrons. The number of carbonyl (C=O) groups excluding carboxylic acids is 1. The van der Waals surface area contributed by atoms with Gasteiger partial charge in [-0.25, -0.2) is 0 Å². The SMILES string of the molecule is Cc1onc(C(C)C)c1C(=O)N1CCc2nnc(C3CCCN3C)n2CC1. The van der Waals surface area contributed by atoms with Crippen LogP contribution in [0.1, 0.15) is 72.1 Å². The predicted molar refractivity (Wildman–Crippen MR) is 99.6 cm³/mol. The van der Waals surface area contributed by atoms with E-state index >= 15 is 0 Å². The van der Waals surface area contributed by atoms with Crippen LogP contribution in [0.3, 0.4) is 0 Å². The van der Waals surface area contributed by atoms with Crippen molar-refractivity contribution in [2.24, 2.45) is 0 Å². The average molecular weight is 372 g/mol. The summed E-state index contributed by atoms with van der Waals surface area (Å²) in [6.45, 7) is 8.99. The summed E-state index contributed by atoms with van der Waals surface area (Å²) in [5, 5.41) is 13.0. The topological polar surface area (TPSA) is 80.3 Å². The van der Waals surface area contributed by atoms with Crippen LogP contribution in [0.15, 0.2) is 4.52 Å². The third-order valence-corrected chi connectivity index (χ3v) is 5.81. The molecule has 0 spiro atoms. The smallest absolute Gasteiger partial charge is 0.259 e. The summed E-state index contributed by atoms with van der Waals surface area (Å²) in [6, 6.07) is 0.335. The minimum atomic E-state index is 0.00990. The van der Waals surface area contributed by atoms with Crippen LogP contribution in [0.4, 0.5) is 0 Å². The Kier molecular flexibility index (Phi) is 4.75. The Morgan fingerprint density at radius 3 is 2.70 bits per heavy atom. The van der Waals surface area contributed by atoms with Gasteiger partial charge in [0.15, 0.2) is 0 Å². The van der Waals surface area contributed by atoms with Gasteiger partial charge in [-0.2, -0.15) is 0 Å². The lowest BCUT2D eigenvalue weighted by Gasteiger charge is -2.22. The Hall–Kier alpha value is -2.22. The number of likely N-dealkylation sites (tertiary alicyclic amines) is 1. The van der Waals surface area contributed by atoms with E-state index in [2.05, 4.69) is 31.9 Å². The van der Waals surface area contributed by atoms with E-state index in [9.17, 15) is 4.79 Å². The van der Waals surface area contributed by atoms with E-state index in [1.165, 1.54) is 6.42 Å². The van der Waals surface area contributed by atoms with Crippen molar-refractivity contribution >= 4 is 5.91 Å². The largest absolute Gasteiger partial charge is 0.361 e. The molecule has 1 amide bonds. The van der Waals surface area contributed by atoms with Crippen LogP contribution in [0.2, 0.25) is 0 Å². The monoisotopic (exact) mass is 372 g/mol. The maximum absolute atomic E-state index is 13.2. The quantitative estimate of drug-likeness (QED) is 0.821. The normalized spacial score (nSPS) is 20.9. The van der Waals surface area contributed by atoms with E-state index in [-0.39, 0.29) is 11.8 Å². The van der Waals surface area contributed by atoms with E-state index in [4.69, 9.17) is 4.52 Å². The molecule has 2 aromatic rings. The maximum atomic E-state index is 13.2. The molecule has 0 bridgehead atoms. The van der Waals surface area contributed by atoms with Gasteiger partial charge >= 0.3 is 0 Å². The van der Waals surface area contributed by atoms with Crippen molar-refractivity contribution in [3.8, 4) is 0 Å². The number of rotatable bonds is 3. The van der Waals surface area contributed by atoms with E-state index < -0.39 is 0 Å². The molecule has 146 valence electrons. The van der Waals surface area contributed by atoms with E-state index in [0.717, 1.165) is 43.3 Å². The first-order valence-electron chi connectivity index (χ1n) is 9.85. The van der Waals surface area contributed by atoms with Gasteiger partial charge in [0.25, 0.3) is 5.91 Å². The summed E-state index contributed by atoms with van der Waals surface area (Å²) >= 11 is 0. The van der Waals surface area contributed by atoms with Crippen molar-refractivity contribution in [3.05, 3.63) is 28.7 Å². The molecular weight excluding hydrogens is 344 g/mol. The molecule has 2 aromatic heterocycles. The maximum Gasteiger partial charge on any atom is 0.259 e. The summed E-state index contributed by atoms with van der Waals surface area (Å²) in [7, 11) is 2.15. The van der Waals surface area contributed by atoms with Gasteiger partial charge < -0.3 is 14.0 Å². The highest BCUT2D eigenvalue weighted by molar-refractivity contribution is 5.96. The molecule has 0 aliphatic carbocycles. The lowest BCUT2D eigenvalue weighted by Crippen LogP contribution is -2.34. The van der Waals surface area contributed by atoms with E-state index in [1.807, 2.05) is 25.7 Å². The molecule has 27 heavy (non-hydrogen) atoms. The number of fused-ring (bicyclic) bond motifs is 1. The molecule has 0 N–H and O–H groups in total. The van der Waals surface area contributed by atoms with Crippen LogP contribution >= 0.6 is 0 Å². The van der Waals surface area contributed by atoms with Gasteiger partial charge in [-0.3, -0.25) is 9.69 Å². The molecule has 0 saturated carbocycles. The van der Waals surface area contributed by atoms with Crippen LogP contribution in [0.5, 0.6) is 0 Å². The van der Waals surface area contributed by atoms with Crippen LogP contribution in [0, 0.1) is 6.92 Å². The van der Waals surface area contributed by atoms with Gasteiger partial charge in [0, 0.05) is 26.1 Å². The number of amides is 1. The highest BCUT2D eigenvalue weighted by Gasteiger charge is 2.32. The summed E-state index contributed by atoms with van der Waals surface area (Å²) in [5.41, 5.74) is 1.37. The molecule has 0 aromatic carbocycles. The number of nitrogens with zero attached hydrogens (tertiary/aromatic N) is 6. The summed E-state index contributed by atoms with van der Waals surface area (Å²) in [6.07, 6.45) is 3.03. The molecule has 8 heteroatoms. The molecule has 2 aliphatic heterocycles. The molecule has 1 atom stereocenters. The Balaban J connectivity index is 1.55. The fraction of sp³-hybridized carbons (Fsp3) is 0.684. The van der Waals surface area contributed by atoms with Crippen molar-refractivity contribution in [2.45, 2.75) is 58.5 Å². The zero-order chi connectivity index (χ0) is 19.1. The summed E-state index contributed by atoms with van der Waals surface area (Å²) in [4.78, 5) is 17.5.